The second kappa shape index (κ2) is 6.17. The van der Waals surface area contributed by atoms with E-state index in [2.05, 4.69) is 25.8 Å². The lowest BCUT2D eigenvalue weighted by atomic mass is 9.96. The van der Waals surface area contributed by atoms with Crippen molar-refractivity contribution in [2.45, 2.75) is 24.8 Å². The zero-order valence-corrected chi connectivity index (χ0v) is 12.6. The number of hydrogen-bond acceptors (Lipinski definition) is 2. The van der Waals surface area contributed by atoms with Crippen LogP contribution in [0.25, 0.3) is 0 Å². The average Bonchev–Trinajstić information content (AvgIpc) is 3.14. The molecule has 1 aliphatic rings. The molecule has 6 heteroatoms. The average molecular weight is 301 g/mol. The van der Waals surface area contributed by atoms with Gasteiger partial charge < -0.3 is 10.6 Å². The number of nitrogens with zero attached hydrogens (tertiary/aromatic N) is 2. The summed E-state index contributed by atoms with van der Waals surface area (Å²) in [6.45, 7) is 1.38. The number of aliphatic imine (C=N–C) groups is 1. The highest BCUT2D eigenvalue weighted by atomic mass is 19.1. The van der Waals surface area contributed by atoms with Gasteiger partial charge in [0.15, 0.2) is 5.96 Å². The third-order valence-electron chi connectivity index (χ3n) is 4.11. The topological polar surface area (TPSA) is 65.1 Å². The molecule has 0 atom stereocenters. The van der Waals surface area contributed by atoms with Gasteiger partial charge in [-0.15, -0.1) is 0 Å². The molecule has 3 rings (SSSR count). The number of guanidine groups is 1. The highest BCUT2D eigenvalue weighted by Crippen LogP contribution is 2.47. The molecule has 1 aromatic carbocycles. The summed E-state index contributed by atoms with van der Waals surface area (Å²) in [7, 11) is 1.74. The van der Waals surface area contributed by atoms with E-state index in [0.29, 0.717) is 6.54 Å². The summed E-state index contributed by atoms with van der Waals surface area (Å²) in [5, 5.41) is 13.4. The molecule has 0 spiro atoms. The third kappa shape index (κ3) is 3.27. The minimum absolute atomic E-state index is 0.0354. The Morgan fingerprint density at radius 1 is 1.36 bits per heavy atom. The SMILES string of the molecule is CN=C(NCc1ccn[nH]1)NCC1(c2cccc(F)c2)CC1. The lowest BCUT2D eigenvalue weighted by molar-refractivity contribution is 0.607. The van der Waals surface area contributed by atoms with Crippen LogP contribution in [0.4, 0.5) is 4.39 Å². The Morgan fingerprint density at radius 3 is 2.86 bits per heavy atom. The van der Waals surface area contributed by atoms with Crippen LogP contribution in [0.1, 0.15) is 24.1 Å². The van der Waals surface area contributed by atoms with Crippen LogP contribution in [0.2, 0.25) is 0 Å². The minimum atomic E-state index is -0.175. The molecule has 1 fully saturated rings. The monoisotopic (exact) mass is 301 g/mol. The first kappa shape index (κ1) is 14.6. The maximum Gasteiger partial charge on any atom is 0.191 e. The van der Waals surface area contributed by atoms with Crippen molar-refractivity contribution in [1.29, 1.82) is 0 Å². The predicted octanol–water partition coefficient (Wildman–Crippen LogP) is 1.95. The fourth-order valence-corrected chi connectivity index (χ4v) is 2.57. The van der Waals surface area contributed by atoms with E-state index in [1.807, 2.05) is 12.1 Å². The fraction of sp³-hybridized carbons (Fsp3) is 0.375. The molecule has 1 aromatic heterocycles. The van der Waals surface area contributed by atoms with Crippen molar-refractivity contribution in [2.24, 2.45) is 4.99 Å². The van der Waals surface area contributed by atoms with Gasteiger partial charge >= 0.3 is 0 Å². The summed E-state index contributed by atoms with van der Waals surface area (Å²) in [6.07, 6.45) is 3.86. The van der Waals surface area contributed by atoms with Crippen molar-refractivity contribution in [3.05, 3.63) is 53.6 Å². The molecule has 116 valence electrons. The quantitative estimate of drug-likeness (QED) is 0.584. The van der Waals surface area contributed by atoms with Gasteiger partial charge in [-0.1, -0.05) is 12.1 Å². The summed E-state index contributed by atoms with van der Waals surface area (Å²) >= 11 is 0. The van der Waals surface area contributed by atoms with E-state index in [4.69, 9.17) is 0 Å². The molecule has 0 bridgehead atoms. The summed E-state index contributed by atoms with van der Waals surface area (Å²) < 4.78 is 13.4. The van der Waals surface area contributed by atoms with Crippen molar-refractivity contribution in [3.8, 4) is 0 Å². The maximum atomic E-state index is 13.4. The van der Waals surface area contributed by atoms with Crippen LogP contribution >= 0.6 is 0 Å². The summed E-state index contributed by atoms with van der Waals surface area (Å²) in [6, 6.07) is 8.80. The zero-order chi connectivity index (χ0) is 15.4. The van der Waals surface area contributed by atoms with Crippen LogP contribution in [0, 0.1) is 5.82 Å². The van der Waals surface area contributed by atoms with Crippen molar-refractivity contribution >= 4 is 5.96 Å². The van der Waals surface area contributed by atoms with Gasteiger partial charge in [-0.25, -0.2) is 4.39 Å². The molecule has 2 aromatic rings. The third-order valence-corrected chi connectivity index (χ3v) is 4.11. The van der Waals surface area contributed by atoms with E-state index in [0.717, 1.165) is 36.6 Å². The fourth-order valence-electron chi connectivity index (χ4n) is 2.57. The van der Waals surface area contributed by atoms with Gasteiger partial charge in [0.2, 0.25) is 0 Å². The van der Waals surface area contributed by atoms with Gasteiger partial charge in [0.25, 0.3) is 0 Å². The minimum Gasteiger partial charge on any atom is -0.356 e. The first-order valence-electron chi connectivity index (χ1n) is 7.41. The Labute approximate surface area is 129 Å². The number of rotatable bonds is 5. The number of benzene rings is 1. The lowest BCUT2D eigenvalue weighted by Crippen LogP contribution is -2.41. The van der Waals surface area contributed by atoms with Crippen LogP contribution in [0.3, 0.4) is 0 Å². The van der Waals surface area contributed by atoms with E-state index in [1.165, 1.54) is 6.07 Å². The molecule has 0 radical (unpaired) electrons. The van der Waals surface area contributed by atoms with E-state index in [9.17, 15) is 4.39 Å². The Kier molecular flexibility index (Phi) is 4.09. The summed E-state index contributed by atoms with van der Waals surface area (Å²) in [5.74, 6) is 0.558. The Morgan fingerprint density at radius 2 is 2.23 bits per heavy atom. The standard InChI is InChI=1S/C16H20FN5/c1-18-15(19-10-14-5-8-21-22-14)20-11-16(6-7-16)12-3-2-4-13(17)9-12/h2-5,8-9H,6-7,10-11H2,1H3,(H,21,22)(H2,18,19,20). The van der Waals surface area contributed by atoms with Gasteiger partial charge in [-0.05, 0) is 36.6 Å². The van der Waals surface area contributed by atoms with Crippen LogP contribution < -0.4 is 10.6 Å². The van der Waals surface area contributed by atoms with Gasteiger partial charge in [0.05, 0.1) is 12.2 Å². The number of H-pyrrole nitrogens is 1. The lowest BCUT2D eigenvalue weighted by Gasteiger charge is -2.19. The van der Waals surface area contributed by atoms with Crippen molar-refractivity contribution in [1.82, 2.24) is 20.8 Å². The van der Waals surface area contributed by atoms with Gasteiger partial charge in [0, 0.05) is 25.2 Å². The molecule has 0 amide bonds. The van der Waals surface area contributed by atoms with E-state index in [1.54, 1.807) is 25.4 Å². The smallest absolute Gasteiger partial charge is 0.191 e. The molecule has 1 aliphatic carbocycles. The number of hydrogen-bond donors (Lipinski definition) is 3. The molecular weight excluding hydrogens is 281 g/mol. The summed E-state index contributed by atoms with van der Waals surface area (Å²) in [4.78, 5) is 4.22. The van der Waals surface area contributed by atoms with Crippen molar-refractivity contribution < 1.29 is 4.39 Å². The molecule has 1 saturated carbocycles. The molecule has 22 heavy (non-hydrogen) atoms. The van der Waals surface area contributed by atoms with Crippen LogP contribution in [0.5, 0.6) is 0 Å². The molecule has 1 heterocycles. The van der Waals surface area contributed by atoms with Crippen LogP contribution in [-0.4, -0.2) is 29.7 Å². The highest BCUT2D eigenvalue weighted by Gasteiger charge is 2.44. The molecular formula is C16H20FN5. The van der Waals surface area contributed by atoms with E-state index in [-0.39, 0.29) is 11.2 Å². The Bertz CT molecular complexity index is 646. The largest absolute Gasteiger partial charge is 0.356 e. The summed E-state index contributed by atoms with van der Waals surface area (Å²) in [5.41, 5.74) is 2.09. The Balaban J connectivity index is 1.56. The maximum absolute atomic E-state index is 13.4. The molecule has 0 aliphatic heterocycles. The van der Waals surface area contributed by atoms with Crippen molar-refractivity contribution in [3.63, 3.8) is 0 Å². The number of nitrogens with one attached hydrogen (secondary N) is 3. The van der Waals surface area contributed by atoms with Gasteiger partial charge in [-0.2, -0.15) is 5.10 Å². The zero-order valence-electron chi connectivity index (χ0n) is 12.6. The normalized spacial score (nSPS) is 16.4. The number of aromatic nitrogens is 2. The van der Waals surface area contributed by atoms with Gasteiger partial charge in [0.1, 0.15) is 5.82 Å². The predicted molar refractivity (Wildman–Crippen MR) is 84.1 cm³/mol. The van der Waals surface area contributed by atoms with E-state index < -0.39 is 0 Å². The highest BCUT2D eigenvalue weighted by molar-refractivity contribution is 5.79. The molecule has 3 N–H and O–H groups in total. The first-order chi connectivity index (χ1) is 10.7. The molecule has 5 nitrogen and oxygen atoms in total. The molecule has 0 saturated heterocycles. The van der Waals surface area contributed by atoms with E-state index >= 15 is 0 Å². The first-order valence-corrected chi connectivity index (χ1v) is 7.41. The van der Waals surface area contributed by atoms with Gasteiger partial charge in [-0.3, -0.25) is 10.1 Å². The van der Waals surface area contributed by atoms with Crippen LogP contribution in [0.15, 0.2) is 41.5 Å². The van der Waals surface area contributed by atoms with Crippen LogP contribution in [-0.2, 0) is 12.0 Å². The number of halogens is 1. The Hall–Kier alpha value is -2.37. The number of aromatic amines is 1. The molecule has 0 unspecified atom stereocenters. The second-order valence-electron chi connectivity index (χ2n) is 5.65. The van der Waals surface area contributed by atoms with Crippen molar-refractivity contribution in [2.75, 3.05) is 13.6 Å². The second-order valence-corrected chi connectivity index (χ2v) is 5.65.